The Bertz CT molecular complexity index is 853. The molecule has 2 heterocycles. The molecule has 0 aliphatic carbocycles. The second-order valence-electron chi connectivity index (χ2n) is 7.73. The quantitative estimate of drug-likeness (QED) is 0.798. The van der Waals surface area contributed by atoms with Crippen LogP contribution in [-0.4, -0.2) is 35.5 Å². The largest absolute Gasteiger partial charge is 0.443 e. The van der Waals surface area contributed by atoms with Crippen molar-refractivity contribution in [3.8, 4) is 0 Å². The van der Waals surface area contributed by atoms with Gasteiger partial charge in [0.2, 0.25) is 0 Å². The van der Waals surface area contributed by atoms with Gasteiger partial charge in [0.15, 0.2) is 5.15 Å². The summed E-state index contributed by atoms with van der Waals surface area (Å²) >= 11 is 6.06. The topological polar surface area (TPSA) is 79.4 Å². The molecule has 1 atom stereocenters. The Labute approximate surface area is 170 Å². The number of nitrogens with one attached hydrogen (secondary N) is 2. The van der Waals surface area contributed by atoms with Crippen LogP contribution in [0.25, 0.3) is 0 Å². The molecule has 1 unspecified atom stereocenters. The van der Waals surface area contributed by atoms with Gasteiger partial charge in [-0.1, -0.05) is 29.8 Å². The number of anilines is 2. The highest BCUT2D eigenvalue weighted by Gasteiger charge is 2.31. The Balaban J connectivity index is 1.88. The van der Waals surface area contributed by atoms with Crippen LogP contribution in [0.15, 0.2) is 30.3 Å². The van der Waals surface area contributed by atoms with E-state index in [4.69, 9.17) is 16.3 Å². The average molecular weight is 404 g/mol. The number of hydrogen-bond donors (Lipinski definition) is 2. The number of benzene rings is 1. The van der Waals surface area contributed by atoms with Crippen LogP contribution in [0.3, 0.4) is 0 Å². The number of fused-ring (bicyclic) bond motifs is 1. The summed E-state index contributed by atoms with van der Waals surface area (Å²) in [4.78, 5) is 14.4. The van der Waals surface area contributed by atoms with Gasteiger partial charge >= 0.3 is 6.09 Å². The van der Waals surface area contributed by atoms with Gasteiger partial charge in [0.1, 0.15) is 11.3 Å². The smallest absolute Gasteiger partial charge is 0.414 e. The number of hydrogen-bond acceptors (Lipinski definition) is 6. The molecule has 8 heteroatoms. The minimum Gasteiger partial charge on any atom is -0.443 e. The van der Waals surface area contributed by atoms with E-state index in [0.29, 0.717) is 18.2 Å². The molecule has 1 aliphatic rings. The zero-order chi connectivity index (χ0) is 20.3. The molecule has 2 aromatic rings. The molecular formula is C20H26ClN5O2. The molecule has 1 amide bonds. The maximum absolute atomic E-state index is 12.7. The third kappa shape index (κ3) is 4.72. The molecular weight excluding hydrogens is 378 g/mol. The van der Waals surface area contributed by atoms with Gasteiger partial charge in [-0.2, -0.15) is 5.10 Å². The molecule has 7 nitrogen and oxygen atoms in total. The van der Waals surface area contributed by atoms with Gasteiger partial charge in [0, 0.05) is 19.2 Å². The van der Waals surface area contributed by atoms with Gasteiger partial charge in [-0.3, -0.25) is 4.90 Å². The van der Waals surface area contributed by atoms with Crippen molar-refractivity contribution in [1.29, 1.82) is 0 Å². The predicted molar refractivity (Wildman–Crippen MR) is 111 cm³/mol. The number of ether oxygens (including phenoxy) is 1. The van der Waals surface area contributed by atoms with E-state index >= 15 is 0 Å². The molecule has 0 fully saturated rings. The first-order valence-electron chi connectivity index (χ1n) is 9.31. The summed E-state index contributed by atoms with van der Waals surface area (Å²) in [5.41, 5.74) is 2.97. The van der Waals surface area contributed by atoms with Crippen molar-refractivity contribution in [2.75, 3.05) is 23.8 Å². The van der Waals surface area contributed by atoms with Crippen molar-refractivity contribution in [1.82, 2.24) is 15.5 Å². The third-order valence-corrected chi connectivity index (χ3v) is 4.56. The lowest BCUT2D eigenvalue weighted by atomic mass is 9.96. The Morgan fingerprint density at radius 2 is 2.07 bits per heavy atom. The summed E-state index contributed by atoms with van der Waals surface area (Å²) < 4.78 is 5.58. The fourth-order valence-corrected chi connectivity index (χ4v) is 3.37. The van der Waals surface area contributed by atoms with Gasteiger partial charge < -0.3 is 15.4 Å². The number of rotatable bonds is 4. The van der Waals surface area contributed by atoms with Crippen molar-refractivity contribution >= 4 is 29.1 Å². The van der Waals surface area contributed by atoms with Crippen LogP contribution in [0.1, 0.15) is 44.5 Å². The zero-order valence-corrected chi connectivity index (χ0v) is 17.4. The molecule has 1 aromatic heterocycles. The Kier molecular flexibility index (Phi) is 6.05. The standard InChI is InChI=1S/C20H26ClN5O2/c1-20(2,3)28-19(27)26-10-9-14(13-7-5-6-8-17(13)26)23-15-11-18(21)25-24-16(15)12-22-4/h5-8,11,14,22H,9-10,12H2,1-4H3,(H,23,25). The van der Waals surface area contributed by atoms with E-state index in [1.807, 2.05) is 52.1 Å². The number of aromatic nitrogens is 2. The molecule has 0 bridgehead atoms. The van der Waals surface area contributed by atoms with E-state index in [9.17, 15) is 4.79 Å². The number of nitrogens with zero attached hydrogens (tertiary/aromatic N) is 3. The molecule has 2 N–H and O–H groups in total. The van der Waals surface area contributed by atoms with E-state index in [-0.39, 0.29) is 12.1 Å². The molecule has 150 valence electrons. The van der Waals surface area contributed by atoms with Crippen LogP contribution in [-0.2, 0) is 11.3 Å². The fraction of sp³-hybridized carbons (Fsp3) is 0.450. The minimum atomic E-state index is -0.539. The molecule has 1 aliphatic heterocycles. The average Bonchev–Trinajstić information content (AvgIpc) is 2.63. The molecule has 0 spiro atoms. The molecule has 28 heavy (non-hydrogen) atoms. The van der Waals surface area contributed by atoms with Crippen LogP contribution in [0.4, 0.5) is 16.2 Å². The van der Waals surface area contributed by atoms with Gasteiger partial charge in [0.05, 0.1) is 17.4 Å². The zero-order valence-electron chi connectivity index (χ0n) is 16.6. The van der Waals surface area contributed by atoms with Crippen molar-refractivity contribution in [2.45, 2.75) is 45.4 Å². The maximum Gasteiger partial charge on any atom is 0.414 e. The summed E-state index contributed by atoms with van der Waals surface area (Å²) in [6.07, 6.45) is 0.401. The summed E-state index contributed by atoms with van der Waals surface area (Å²) in [5.74, 6) is 0. The number of carbonyl (C=O) groups excluding carboxylic acids is 1. The van der Waals surface area contributed by atoms with Crippen LogP contribution < -0.4 is 15.5 Å². The van der Waals surface area contributed by atoms with E-state index < -0.39 is 5.60 Å². The normalized spacial score (nSPS) is 16.5. The van der Waals surface area contributed by atoms with Crippen LogP contribution in [0.2, 0.25) is 5.15 Å². The molecule has 3 rings (SSSR count). The first-order chi connectivity index (χ1) is 13.3. The summed E-state index contributed by atoms with van der Waals surface area (Å²) in [6, 6.07) is 9.67. The maximum atomic E-state index is 12.7. The molecule has 0 saturated heterocycles. The lowest BCUT2D eigenvalue weighted by Crippen LogP contribution is -2.41. The van der Waals surface area contributed by atoms with Crippen LogP contribution in [0, 0.1) is 0 Å². The van der Waals surface area contributed by atoms with Crippen LogP contribution >= 0.6 is 11.6 Å². The van der Waals surface area contributed by atoms with Gasteiger partial charge in [-0.25, -0.2) is 4.79 Å². The summed E-state index contributed by atoms with van der Waals surface area (Å²) in [5, 5.41) is 15.1. The van der Waals surface area contributed by atoms with Crippen molar-refractivity contribution < 1.29 is 9.53 Å². The second-order valence-corrected chi connectivity index (χ2v) is 8.12. The van der Waals surface area contributed by atoms with Crippen molar-refractivity contribution in [3.63, 3.8) is 0 Å². The monoisotopic (exact) mass is 403 g/mol. The molecule has 1 aromatic carbocycles. The molecule has 0 saturated carbocycles. The predicted octanol–water partition coefficient (Wildman–Crippen LogP) is 4.15. The lowest BCUT2D eigenvalue weighted by Gasteiger charge is -2.36. The van der Waals surface area contributed by atoms with Crippen LogP contribution in [0.5, 0.6) is 0 Å². The second kappa shape index (κ2) is 8.32. The lowest BCUT2D eigenvalue weighted by molar-refractivity contribution is 0.0577. The van der Waals surface area contributed by atoms with Gasteiger partial charge in [0.25, 0.3) is 0 Å². The highest BCUT2D eigenvalue weighted by Crippen LogP contribution is 2.37. The third-order valence-electron chi connectivity index (χ3n) is 4.37. The molecule has 0 radical (unpaired) electrons. The minimum absolute atomic E-state index is 0.0192. The van der Waals surface area contributed by atoms with E-state index in [2.05, 4.69) is 20.8 Å². The Morgan fingerprint density at radius 3 is 2.79 bits per heavy atom. The first kappa shape index (κ1) is 20.4. The Hall–Kier alpha value is -2.38. The summed E-state index contributed by atoms with van der Waals surface area (Å²) in [7, 11) is 1.86. The fourth-order valence-electron chi connectivity index (χ4n) is 3.22. The Morgan fingerprint density at radius 1 is 1.32 bits per heavy atom. The van der Waals surface area contributed by atoms with Gasteiger partial charge in [-0.05, 0) is 45.9 Å². The number of amides is 1. The highest BCUT2D eigenvalue weighted by molar-refractivity contribution is 6.29. The number of para-hydroxylation sites is 1. The van der Waals surface area contributed by atoms with Gasteiger partial charge in [-0.15, -0.1) is 5.10 Å². The van der Waals surface area contributed by atoms with Crippen molar-refractivity contribution in [3.05, 3.63) is 46.7 Å². The van der Waals surface area contributed by atoms with Crippen molar-refractivity contribution in [2.24, 2.45) is 0 Å². The first-order valence-corrected chi connectivity index (χ1v) is 9.69. The SMILES string of the molecule is CNCc1nnc(Cl)cc1NC1CCN(C(=O)OC(C)(C)C)c2ccccc21. The van der Waals surface area contributed by atoms with E-state index in [0.717, 1.165) is 29.1 Å². The number of carbonyl (C=O) groups is 1. The van der Waals surface area contributed by atoms with E-state index in [1.54, 1.807) is 11.0 Å². The summed E-state index contributed by atoms with van der Waals surface area (Å²) in [6.45, 7) is 6.74. The highest BCUT2D eigenvalue weighted by atomic mass is 35.5. The number of halogens is 1. The van der Waals surface area contributed by atoms with E-state index in [1.165, 1.54) is 0 Å².